The average molecular weight is 203 g/mol. The van der Waals surface area contributed by atoms with Gasteiger partial charge in [-0.25, -0.2) is 0 Å². The molecular formula is C13H17NO. The number of rotatable bonds is 2. The summed E-state index contributed by atoms with van der Waals surface area (Å²) >= 11 is 0. The Morgan fingerprint density at radius 3 is 2.80 bits per heavy atom. The molecule has 1 aromatic carbocycles. The van der Waals surface area contributed by atoms with Gasteiger partial charge in [-0.3, -0.25) is 0 Å². The van der Waals surface area contributed by atoms with Crippen LogP contribution in [0.25, 0.3) is 0 Å². The normalized spacial score (nSPS) is 24.9. The minimum absolute atomic E-state index is 0.484. The standard InChI is InChI=1S/C13H17NO/c15-13-3-1-2-9-8-11(6-7-12(9)13)14-10-4-5-10/h1-3,10-11,14-15H,4-8H2. The topological polar surface area (TPSA) is 32.3 Å². The molecule has 1 saturated carbocycles. The van der Waals surface area contributed by atoms with E-state index in [0.717, 1.165) is 18.9 Å². The highest BCUT2D eigenvalue weighted by Crippen LogP contribution is 2.30. The summed E-state index contributed by atoms with van der Waals surface area (Å²) in [4.78, 5) is 0. The lowest BCUT2D eigenvalue weighted by Gasteiger charge is -2.26. The minimum Gasteiger partial charge on any atom is -0.508 e. The summed E-state index contributed by atoms with van der Waals surface area (Å²) in [7, 11) is 0. The molecule has 1 fully saturated rings. The monoisotopic (exact) mass is 203 g/mol. The van der Waals surface area contributed by atoms with Crippen molar-refractivity contribution in [1.82, 2.24) is 5.32 Å². The molecule has 0 aromatic heterocycles. The first-order valence-corrected chi connectivity index (χ1v) is 5.89. The molecule has 0 spiro atoms. The molecular weight excluding hydrogens is 186 g/mol. The van der Waals surface area contributed by atoms with Gasteiger partial charge in [-0.15, -0.1) is 0 Å². The fourth-order valence-electron chi connectivity index (χ4n) is 2.51. The molecule has 3 rings (SSSR count). The molecule has 15 heavy (non-hydrogen) atoms. The van der Waals surface area contributed by atoms with E-state index in [1.54, 1.807) is 6.07 Å². The van der Waals surface area contributed by atoms with Gasteiger partial charge in [-0.1, -0.05) is 12.1 Å². The highest BCUT2D eigenvalue weighted by Gasteiger charge is 2.27. The summed E-state index contributed by atoms with van der Waals surface area (Å²) < 4.78 is 0. The molecule has 0 bridgehead atoms. The number of hydrogen-bond donors (Lipinski definition) is 2. The van der Waals surface area contributed by atoms with Crippen LogP contribution in [0, 0.1) is 0 Å². The van der Waals surface area contributed by atoms with E-state index < -0.39 is 0 Å². The zero-order valence-electron chi connectivity index (χ0n) is 8.87. The van der Waals surface area contributed by atoms with Crippen LogP contribution in [0.1, 0.15) is 30.4 Å². The summed E-state index contributed by atoms with van der Waals surface area (Å²) in [6, 6.07) is 7.32. The number of benzene rings is 1. The Labute approximate surface area is 90.3 Å². The Hall–Kier alpha value is -1.02. The van der Waals surface area contributed by atoms with Crippen molar-refractivity contribution in [2.45, 2.75) is 44.2 Å². The van der Waals surface area contributed by atoms with Gasteiger partial charge in [-0.2, -0.15) is 0 Å². The first kappa shape index (κ1) is 9.22. The zero-order valence-corrected chi connectivity index (χ0v) is 8.87. The highest BCUT2D eigenvalue weighted by atomic mass is 16.3. The minimum atomic E-state index is 0.484. The molecule has 0 amide bonds. The zero-order chi connectivity index (χ0) is 10.3. The molecule has 0 saturated heterocycles. The van der Waals surface area contributed by atoms with Gasteiger partial charge in [0, 0.05) is 12.1 Å². The second-order valence-corrected chi connectivity index (χ2v) is 4.80. The van der Waals surface area contributed by atoms with Crippen LogP contribution in [-0.2, 0) is 12.8 Å². The Kier molecular flexibility index (Phi) is 2.17. The van der Waals surface area contributed by atoms with Crippen LogP contribution in [0.2, 0.25) is 0 Å². The third kappa shape index (κ3) is 1.86. The molecule has 0 aliphatic heterocycles. The third-order valence-electron chi connectivity index (χ3n) is 3.51. The molecule has 1 atom stereocenters. The van der Waals surface area contributed by atoms with E-state index in [4.69, 9.17) is 0 Å². The lowest BCUT2D eigenvalue weighted by Crippen LogP contribution is -2.35. The number of hydrogen-bond acceptors (Lipinski definition) is 2. The summed E-state index contributed by atoms with van der Waals surface area (Å²) in [6.07, 6.45) is 5.97. The quantitative estimate of drug-likeness (QED) is 0.770. The Balaban J connectivity index is 1.77. The van der Waals surface area contributed by atoms with E-state index in [9.17, 15) is 5.11 Å². The van der Waals surface area contributed by atoms with E-state index >= 15 is 0 Å². The van der Waals surface area contributed by atoms with Gasteiger partial charge in [0.15, 0.2) is 0 Å². The third-order valence-corrected chi connectivity index (χ3v) is 3.51. The first-order chi connectivity index (χ1) is 7.33. The van der Waals surface area contributed by atoms with E-state index in [0.29, 0.717) is 11.8 Å². The molecule has 2 N–H and O–H groups in total. The van der Waals surface area contributed by atoms with Gasteiger partial charge in [0.2, 0.25) is 0 Å². The maximum absolute atomic E-state index is 9.72. The highest BCUT2D eigenvalue weighted by molar-refractivity contribution is 5.41. The summed E-state index contributed by atoms with van der Waals surface area (Å²) in [5.41, 5.74) is 2.51. The van der Waals surface area contributed by atoms with Crippen LogP contribution in [0.4, 0.5) is 0 Å². The van der Waals surface area contributed by atoms with Crippen LogP contribution in [0.3, 0.4) is 0 Å². The number of nitrogens with one attached hydrogen (secondary N) is 1. The molecule has 0 radical (unpaired) electrons. The number of fused-ring (bicyclic) bond motifs is 1. The van der Waals surface area contributed by atoms with Gasteiger partial charge >= 0.3 is 0 Å². The van der Waals surface area contributed by atoms with Crippen molar-refractivity contribution in [1.29, 1.82) is 0 Å². The van der Waals surface area contributed by atoms with E-state index in [-0.39, 0.29) is 0 Å². The van der Waals surface area contributed by atoms with Crippen LogP contribution in [0.5, 0.6) is 5.75 Å². The number of phenols is 1. The van der Waals surface area contributed by atoms with Crippen molar-refractivity contribution in [3.8, 4) is 5.75 Å². The summed E-state index contributed by atoms with van der Waals surface area (Å²) in [6.45, 7) is 0. The largest absolute Gasteiger partial charge is 0.508 e. The van der Waals surface area contributed by atoms with Crippen LogP contribution >= 0.6 is 0 Å². The fourth-order valence-corrected chi connectivity index (χ4v) is 2.51. The van der Waals surface area contributed by atoms with Gasteiger partial charge < -0.3 is 10.4 Å². The molecule has 0 heterocycles. The number of aromatic hydroxyl groups is 1. The second-order valence-electron chi connectivity index (χ2n) is 4.80. The van der Waals surface area contributed by atoms with Crippen molar-refractivity contribution in [3.63, 3.8) is 0 Å². The average Bonchev–Trinajstić information content (AvgIpc) is 3.02. The molecule has 80 valence electrons. The van der Waals surface area contributed by atoms with E-state index in [1.807, 2.05) is 6.07 Å². The van der Waals surface area contributed by atoms with Crippen LogP contribution < -0.4 is 5.32 Å². The Morgan fingerprint density at radius 1 is 1.13 bits per heavy atom. The molecule has 1 aromatic rings. The van der Waals surface area contributed by atoms with Crippen molar-refractivity contribution >= 4 is 0 Å². The van der Waals surface area contributed by atoms with Gasteiger partial charge in [-0.05, 0) is 49.3 Å². The van der Waals surface area contributed by atoms with Gasteiger partial charge in [0.1, 0.15) is 5.75 Å². The Bertz CT molecular complexity index is 371. The summed E-state index contributed by atoms with van der Waals surface area (Å²) in [5.74, 6) is 0.484. The molecule has 1 unspecified atom stereocenters. The lowest BCUT2D eigenvalue weighted by atomic mass is 9.87. The second kappa shape index (κ2) is 3.53. The molecule has 2 heteroatoms. The predicted molar refractivity (Wildman–Crippen MR) is 60.1 cm³/mol. The fraction of sp³-hybridized carbons (Fsp3) is 0.538. The van der Waals surface area contributed by atoms with Gasteiger partial charge in [0.25, 0.3) is 0 Å². The molecule has 2 nitrogen and oxygen atoms in total. The molecule has 2 aliphatic rings. The van der Waals surface area contributed by atoms with Crippen molar-refractivity contribution < 1.29 is 5.11 Å². The SMILES string of the molecule is Oc1cccc2c1CCC(NC1CC1)C2. The van der Waals surface area contributed by atoms with Crippen molar-refractivity contribution in [2.75, 3.05) is 0 Å². The predicted octanol–water partition coefficient (Wildman–Crippen LogP) is 2.00. The van der Waals surface area contributed by atoms with Gasteiger partial charge in [0.05, 0.1) is 0 Å². The number of phenolic OH excluding ortho intramolecular Hbond substituents is 1. The van der Waals surface area contributed by atoms with Crippen LogP contribution in [0.15, 0.2) is 18.2 Å². The van der Waals surface area contributed by atoms with Crippen molar-refractivity contribution in [2.24, 2.45) is 0 Å². The molecule has 2 aliphatic carbocycles. The van der Waals surface area contributed by atoms with E-state index in [2.05, 4.69) is 11.4 Å². The summed E-state index contributed by atoms with van der Waals surface area (Å²) in [5, 5.41) is 13.4. The maximum Gasteiger partial charge on any atom is 0.119 e. The van der Waals surface area contributed by atoms with E-state index in [1.165, 1.54) is 30.4 Å². The van der Waals surface area contributed by atoms with Crippen LogP contribution in [-0.4, -0.2) is 17.2 Å². The first-order valence-electron chi connectivity index (χ1n) is 5.89. The lowest BCUT2D eigenvalue weighted by molar-refractivity contribution is 0.430. The van der Waals surface area contributed by atoms with Crippen molar-refractivity contribution in [3.05, 3.63) is 29.3 Å². The Morgan fingerprint density at radius 2 is 2.00 bits per heavy atom. The maximum atomic E-state index is 9.72. The smallest absolute Gasteiger partial charge is 0.119 e.